The quantitative estimate of drug-likeness (QED) is 0.587. The van der Waals surface area contributed by atoms with Crippen LogP contribution in [-0.2, 0) is 19.6 Å². The Hall–Kier alpha value is -2.39. The molecule has 1 saturated carbocycles. The predicted octanol–water partition coefficient (Wildman–Crippen LogP) is 4.90. The molecule has 0 bridgehead atoms. The van der Waals surface area contributed by atoms with E-state index in [-0.39, 0.29) is 5.82 Å². The molecule has 1 fully saturated rings. The Morgan fingerprint density at radius 1 is 0.931 bits per heavy atom. The molecule has 1 atom stereocenters. The molecule has 0 amide bonds. The maximum absolute atomic E-state index is 14.4. The van der Waals surface area contributed by atoms with Crippen molar-refractivity contribution in [1.29, 1.82) is 0 Å². The molecule has 2 nitrogen and oxygen atoms in total. The van der Waals surface area contributed by atoms with Crippen molar-refractivity contribution in [3.8, 4) is 0 Å². The SMILES string of the molecule is Cc1cccc(Cn2cccc2C[NH+](Cc2ccccc2F)C2CCCCC2)c1. The first-order chi connectivity index (χ1) is 14.2. The fourth-order valence-electron chi connectivity index (χ4n) is 4.75. The molecule has 1 aromatic heterocycles. The fraction of sp³-hybridized carbons (Fsp3) is 0.385. The van der Waals surface area contributed by atoms with Gasteiger partial charge >= 0.3 is 0 Å². The van der Waals surface area contributed by atoms with Crippen LogP contribution in [0, 0.1) is 12.7 Å². The highest BCUT2D eigenvalue weighted by molar-refractivity contribution is 5.23. The van der Waals surface area contributed by atoms with Gasteiger partial charge in [-0.2, -0.15) is 0 Å². The Labute approximate surface area is 174 Å². The van der Waals surface area contributed by atoms with E-state index in [1.165, 1.54) is 53.8 Å². The molecule has 29 heavy (non-hydrogen) atoms. The van der Waals surface area contributed by atoms with E-state index in [4.69, 9.17) is 0 Å². The topological polar surface area (TPSA) is 9.37 Å². The van der Waals surface area contributed by atoms with Gasteiger partial charge in [0.1, 0.15) is 18.9 Å². The van der Waals surface area contributed by atoms with Crippen LogP contribution in [0.25, 0.3) is 0 Å². The van der Waals surface area contributed by atoms with Gasteiger partial charge in [-0.25, -0.2) is 4.39 Å². The van der Waals surface area contributed by atoms with Gasteiger partial charge in [-0.05, 0) is 56.4 Å². The number of halogens is 1. The Balaban J connectivity index is 1.54. The molecule has 2 aromatic carbocycles. The summed E-state index contributed by atoms with van der Waals surface area (Å²) in [6.07, 6.45) is 8.63. The molecule has 152 valence electrons. The van der Waals surface area contributed by atoms with Gasteiger partial charge in [0.25, 0.3) is 0 Å². The highest BCUT2D eigenvalue weighted by Gasteiger charge is 2.26. The number of benzene rings is 2. The molecule has 3 aromatic rings. The molecular formula is C26H32FN2+. The number of hydrogen-bond acceptors (Lipinski definition) is 0. The number of quaternary nitrogens is 1. The van der Waals surface area contributed by atoms with Crippen LogP contribution in [0.15, 0.2) is 66.9 Å². The second-order valence-electron chi connectivity index (χ2n) is 8.55. The normalized spacial score (nSPS) is 16.1. The summed E-state index contributed by atoms with van der Waals surface area (Å²) in [7, 11) is 0. The standard InChI is InChI=1S/C26H31FN2/c1-21-9-7-10-22(17-21)18-28-16-8-14-25(28)20-29(24-12-3-2-4-13-24)19-23-11-5-6-15-26(23)27/h5-11,14-17,24H,2-4,12-13,18-20H2,1H3/p+1. The summed E-state index contributed by atoms with van der Waals surface area (Å²) in [5.74, 6) is -0.0732. The summed E-state index contributed by atoms with van der Waals surface area (Å²) >= 11 is 0. The Morgan fingerprint density at radius 3 is 2.55 bits per heavy atom. The minimum Gasteiger partial charge on any atom is -0.342 e. The van der Waals surface area contributed by atoms with Crippen LogP contribution in [0.4, 0.5) is 4.39 Å². The largest absolute Gasteiger partial charge is 0.342 e. The molecule has 4 rings (SSSR count). The van der Waals surface area contributed by atoms with E-state index in [0.717, 1.165) is 25.2 Å². The predicted molar refractivity (Wildman–Crippen MR) is 116 cm³/mol. The molecule has 1 heterocycles. The van der Waals surface area contributed by atoms with Gasteiger partial charge in [-0.1, -0.05) is 54.4 Å². The molecular weight excluding hydrogens is 359 g/mol. The van der Waals surface area contributed by atoms with Gasteiger partial charge in [0, 0.05) is 18.3 Å². The smallest absolute Gasteiger partial charge is 0.132 e. The molecule has 3 heteroatoms. The Bertz CT molecular complexity index is 924. The van der Waals surface area contributed by atoms with Crippen molar-refractivity contribution < 1.29 is 9.29 Å². The molecule has 0 radical (unpaired) electrons. The maximum atomic E-state index is 14.4. The van der Waals surface area contributed by atoms with E-state index in [1.54, 1.807) is 12.1 Å². The van der Waals surface area contributed by atoms with Gasteiger partial charge in [0.05, 0.1) is 11.7 Å². The van der Waals surface area contributed by atoms with E-state index in [2.05, 4.69) is 54.1 Å². The van der Waals surface area contributed by atoms with Gasteiger partial charge < -0.3 is 9.47 Å². The summed E-state index contributed by atoms with van der Waals surface area (Å²) in [6.45, 7) is 4.73. The maximum Gasteiger partial charge on any atom is 0.132 e. The molecule has 1 unspecified atom stereocenters. The zero-order valence-corrected chi connectivity index (χ0v) is 17.4. The highest BCUT2D eigenvalue weighted by Crippen LogP contribution is 2.17. The third kappa shape index (κ3) is 5.16. The summed E-state index contributed by atoms with van der Waals surface area (Å²) < 4.78 is 16.7. The lowest BCUT2D eigenvalue weighted by molar-refractivity contribution is -0.954. The zero-order chi connectivity index (χ0) is 20.1. The second kappa shape index (κ2) is 9.41. The summed E-state index contributed by atoms with van der Waals surface area (Å²) in [5.41, 5.74) is 4.80. The number of rotatable bonds is 7. The van der Waals surface area contributed by atoms with E-state index >= 15 is 0 Å². The number of nitrogens with one attached hydrogen (secondary N) is 1. The van der Waals surface area contributed by atoms with Crippen LogP contribution in [0.2, 0.25) is 0 Å². The van der Waals surface area contributed by atoms with Crippen molar-refractivity contribution >= 4 is 0 Å². The van der Waals surface area contributed by atoms with Crippen molar-refractivity contribution in [2.24, 2.45) is 0 Å². The van der Waals surface area contributed by atoms with Crippen LogP contribution in [0.3, 0.4) is 0 Å². The summed E-state index contributed by atoms with van der Waals surface area (Å²) in [5, 5.41) is 0. The first-order valence-corrected chi connectivity index (χ1v) is 11.0. The zero-order valence-electron chi connectivity index (χ0n) is 17.4. The molecule has 1 aliphatic rings. The van der Waals surface area contributed by atoms with Crippen molar-refractivity contribution in [3.05, 3.63) is 95.1 Å². The van der Waals surface area contributed by atoms with Crippen LogP contribution < -0.4 is 4.90 Å². The monoisotopic (exact) mass is 391 g/mol. The fourth-order valence-corrected chi connectivity index (χ4v) is 4.75. The first-order valence-electron chi connectivity index (χ1n) is 11.0. The van der Waals surface area contributed by atoms with E-state index in [0.29, 0.717) is 6.04 Å². The summed E-state index contributed by atoms with van der Waals surface area (Å²) in [4.78, 5) is 1.50. The number of nitrogens with zero attached hydrogens (tertiary/aromatic N) is 1. The molecule has 0 aliphatic heterocycles. The molecule has 0 saturated heterocycles. The minimum atomic E-state index is -0.0732. The van der Waals surface area contributed by atoms with E-state index < -0.39 is 0 Å². The van der Waals surface area contributed by atoms with Crippen molar-refractivity contribution in [1.82, 2.24) is 4.57 Å². The average molecular weight is 392 g/mol. The van der Waals surface area contributed by atoms with Gasteiger partial charge in [0.15, 0.2) is 0 Å². The lowest BCUT2D eigenvalue weighted by Crippen LogP contribution is -3.13. The third-order valence-electron chi connectivity index (χ3n) is 6.32. The minimum absolute atomic E-state index is 0.0732. The first kappa shape index (κ1) is 19.9. The summed E-state index contributed by atoms with van der Waals surface area (Å²) in [6, 6.07) is 21.0. The van der Waals surface area contributed by atoms with Crippen LogP contribution in [0.5, 0.6) is 0 Å². The van der Waals surface area contributed by atoms with Gasteiger partial charge in [-0.15, -0.1) is 0 Å². The number of aromatic nitrogens is 1. The van der Waals surface area contributed by atoms with Crippen molar-refractivity contribution in [2.75, 3.05) is 0 Å². The van der Waals surface area contributed by atoms with E-state index in [9.17, 15) is 4.39 Å². The lowest BCUT2D eigenvalue weighted by atomic mass is 9.93. The third-order valence-corrected chi connectivity index (χ3v) is 6.32. The van der Waals surface area contributed by atoms with E-state index in [1.807, 2.05) is 12.1 Å². The number of hydrogen-bond donors (Lipinski definition) is 1. The lowest BCUT2D eigenvalue weighted by Gasteiger charge is -2.32. The Morgan fingerprint density at radius 2 is 1.76 bits per heavy atom. The Kier molecular flexibility index (Phi) is 6.46. The van der Waals surface area contributed by atoms with Gasteiger partial charge in [0.2, 0.25) is 0 Å². The van der Waals surface area contributed by atoms with Crippen LogP contribution in [0.1, 0.15) is 54.5 Å². The highest BCUT2D eigenvalue weighted by atomic mass is 19.1. The molecule has 1 N–H and O–H groups in total. The molecule has 0 spiro atoms. The van der Waals surface area contributed by atoms with Crippen LogP contribution >= 0.6 is 0 Å². The van der Waals surface area contributed by atoms with Crippen molar-refractivity contribution in [2.45, 2.75) is 64.7 Å². The second-order valence-corrected chi connectivity index (χ2v) is 8.55. The average Bonchev–Trinajstić information content (AvgIpc) is 3.16. The van der Waals surface area contributed by atoms with Gasteiger partial charge in [-0.3, -0.25) is 0 Å². The van der Waals surface area contributed by atoms with Crippen molar-refractivity contribution in [3.63, 3.8) is 0 Å². The molecule has 1 aliphatic carbocycles. The number of aryl methyl sites for hydroxylation is 1. The van der Waals surface area contributed by atoms with Crippen LogP contribution in [-0.4, -0.2) is 10.6 Å².